The number of nitrogens with zero attached hydrogens (tertiary/aromatic N) is 2. The molecule has 0 atom stereocenters. The van der Waals surface area contributed by atoms with E-state index in [0.717, 1.165) is 6.42 Å². The second-order valence-corrected chi connectivity index (χ2v) is 4.76. The van der Waals surface area contributed by atoms with Crippen molar-refractivity contribution >= 4 is 29.3 Å². The molecule has 3 N–H and O–H groups in total. The third kappa shape index (κ3) is 5.70. The molecule has 0 spiro atoms. The van der Waals surface area contributed by atoms with Crippen LogP contribution in [0.3, 0.4) is 0 Å². The molecular weight excluding hydrogens is 277 g/mol. The minimum atomic E-state index is -0.124. The van der Waals surface area contributed by atoms with Gasteiger partial charge in [0.15, 0.2) is 0 Å². The van der Waals surface area contributed by atoms with Gasteiger partial charge < -0.3 is 5.32 Å². The van der Waals surface area contributed by atoms with E-state index in [1.807, 2.05) is 0 Å². The largest absolute Gasteiger partial charge is 0.352 e. The molecule has 8 heteroatoms. The first kappa shape index (κ1) is 15.3. The molecule has 0 aromatic rings. The van der Waals surface area contributed by atoms with Crippen LogP contribution in [0.15, 0.2) is 23.4 Å². The number of hydrogen-bond donors (Lipinski definition) is 3. The van der Waals surface area contributed by atoms with E-state index in [9.17, 15) is 4.79 Å². The smallest absolute Gasteiger partial charge is 0.246 e. The van der Waals surface area contributed by atoms with Crippen molar-refractivity contribution in [2.24, 2.45) is 0 Å². The molecule has 1 heterocycles. The van der Waals surface area contributed by atoms with Gasteiger partial charge in [0, 0.05) is 18.7 Å². The SMILES string of the molecule is C=C(C)C(=O)NCCCNN1C=C(Cl)CN(Cl)N1. The molecule has 0 saturated heterocycles. The normalized spacial score (nSPS) is 16.4. The van der Waals surface area contributed by atoms with Crippen molar-refractivity contribution in [3.63, 3.8) is 0 Å². The van der Waals surface area contributed by atoms with Crippen LogP contribution in [-0.4, -0.2) is 35.2 Å². The molecule has 0 aromatic carbocycles. The molecule has 1 amide bonds. The summed E-state index contributed by atoms with van der Waals surface area (Å²) in [4.78, 5) is 11.2. The highest BCUT2D eigenvalue weighted by Crippen LogP contribution is 2.10. The van der Waals surface area contributed by atoms with Crippen molar-refractivity contribution < 1.29 is 4.79 Å². The number of amides is 1. The second-order valence-electron chi connectivity index (χ2n) is 3.86. The van der Waals surface area contributed by atoms with E-state index >= 15 is 0 Å². The van der Waals surface area contributed by atoms with Gasteiger partial charge in [0.1, 0.15) is 0 Å². The highest BCUT2D eigenvalue weighted by Gasteiger charge is 2.13. The minimum absolute atomic E-state index is 0.124. The number of carbonyl (C=O) groups excluding carboxylic acids is 1. The predicted molar refractivity (Wildman–Crippen MR) is 71.9 cm³/mol. The lowest BCUT2D eigenvalue weighted by atomic mass is 10.3. The highest BCUT2D eigenvalue weighted by molar-refractivity contribution is 6.30. The maximum absolute atomic E-state index is 11.2. The fraction of sp³-hybridized carbons (Fsp3) is 0.500. The highest BCUT2D eigenvalue weighted by atomic mass is 35.5. The lowest BCUT2D eigenvalue weighted by Crippen LogP contribution is -2.53. The van der Waals surface area contributed by atoms with Crippen LogP contribution in [0.1, 0.15) is 13.3 Å². The number of carbonyl (C=O) groups is 1. The number of nitrogens with one attached hydrogen (secondary N) is 3. The van der Waals surface area contributed by atoms with Crippen molar-refractivity contribution in [3.8, 4) is 0 Å². The van der Waals surface area contributed by atoms with Gasteiger partial charge in [-0.1, -0.05) is 18.2 Å². The van der Waals surface area contributed by atoms with Crippen molar-refractivity contribution in [1.29, 1.82) is 0 Å². The Morgan fingerprint density at radius 1 is 1.61 bits per heavy atom. The molecule has 0 aromatic heterocycles. The Morgan fingerprint density at radius 3 is 2.94 bits per heavy atom. The lowest BCUT2D eigenvalue weighted by molar-refractivity contribution is -0.117. The summed E-state index contributed by atoms with van der Waals surface area (Å²) in [5.74, 6) is -0.124. The minimum Gasteiger partial charge on any atom is -0.352 e. The Balaban J connectivity index is 2.13. The van der Waals surface area contributed by atoms with Crippen LogP contribution in [0.4, 0.5) is 0 Å². The van der Waals surface area contributed by atoms with Gasteiger partial charge in [0.2, 0.25) is 5.91 Å². The quantitative estimate of drug-likeness (QED) is 0.385. The summed E-state index contributed by atoms with van der Waals surface area (Å²) in [6.45, 7) is 6.91. The first-order chi connectivity index (χ1) is 8.49. The van der Waals surface area contributed by atoms with Gasteiger partial charge in [-0.05, 0) is 25.1 Å². The van der Waals surface area contributed by atoms with Gasteiger partial charge in [-0.15, -0.1) is 10.1 Å². The van der Waals surface area contributed by atoms with Gasteiger partial charge in [0.25, 0.3) is 0 Å². The maximum atomic E-state index is 11.2. The summed E-state index contributed by atoms with van der Waals surface area (Å²) in [5, 5.41) is 4.93. The van der Waals surface area contributed by atoms with Gasteiger partial charge >= 0.3 is 0 Å². The fourth-order valence-electron chi connectivity index (χ4n) is 1.22. The molecule has 0 unspecified atom stereocenters. The Bertz CT molecular complexity index is 347. The summed E-state index contributed by atoms with van der Waals surface area (Å²) in [7, 11) is 0. The second kappa shape index (κ2) is 7.60. The van der Waals surface area contributed by atoms with Gasteiger partial charge in [-0.2, -0.15) is 0 Å². The number of halogens is 2. The molecule has 1 aliphatic rings. The zero-order valence-corrected chi connectivity index (χ0v) is 11.7. The van der Waals surface area contributed by atoms with E-state index in [4.69, 9.17) is 23.4 Å². The van der Waals surface area contributed by atoms with E-state index in [1.54, 1.807) is 18.2 Å². The van der Waals surface area contributed by atoms with Crippen LogP contribution in [0.5, 0.6) is 0 Å². The van der Waals surface area contributed by atoms with Gasteiger partial charge in [-0.25, -0.2) is 10.5 Å². The predicted octanol–water partition coefficient (Wildman–Crippen LogP) is 0.845. The van der Waals surface area contributed by atoms with Gasteiger partial charge in [-0.3, -0.25) is 4.79 Å². The maximum Gasteiger partial charge on any atom is 0.246 e. The van der Waals surface area contributed by atoms with Crippen LogP contribution < -0.4 is 16.3 Å². The van der Waals surface area contributed by atoms with E-state index in [-0.39, 0.29) is 5.91 Å². The third-order valence-electron chi connectivity index (χ3n) is 2.08. The van der Waals surface area contributed by atoms with Gasteiger partial charge in [0.05, 0.1) is 17.8 Å². The average molecular weight is 294 g/mol. The van der Waals surface area contributed by atoms with Crippen LogP contribution in [0.25, 0.3) is 0 Å². The summed E-state index contributed by atoms with van der Waals surface area (Å²) in [6.07, 6.45) is 2.47. The summed E-state index contributed by atoms with van der Waals surface area (Å²) in [5.41, 5.74) is 6.38. The Hall–Kier alpha value is -0.790. The molecule has 0 radical (unpaired) electrons. The standard InChI is InChI=1S/C10H17Cl2N5O/c1-8(2)10(18)13-4-3-5-14-17-7-9(11)6-16(12)15-17/h7,14-15H,1,3-6H2,2H3,(H,13,18). The summed E-state index contributed by atoms with van der Waals surface area (Å²) < 4.78 is 1.33. The molecule has 18 heavy (non-hydrogen) atoms. The zero-order valence-electron chi connectivity index (χ0n) is 10.2. The first-order valence-corrected chi connectivity index (χ1v) is 6.23. The Morgan fingerprint density at radius 2 is 2.33 bits per heavy atom. The van der Waals surface area contributed by atoms with Crippen molar-refractivity contribution in [1.82, 2.24) is 25.9 Å². The molecule has 1 aliphatic heterocycles. The molecule has 102 valence electrons. The van der Waals surface area contributed by atoms with Crippen molar-refractivity contribution in [2.75, 3.05) is 19.6 Å². The third-order valence-corrected chi connectivity index (χ3v) is 2.50. The van der Waals surface area contributed by atoms with Crippen LogP contribution in [0.2, 0.25) is 0 Å². The van der Waals surface area contributed by atoms with E-state index in [2.05, 4.69) is 22.9 Å². The van der Waals surface area contributed by atoms with Crippen LogP contribution in [-0.2, 0) is 4.79 Å². The van der Waals surface area contributed by atoms with Crippen molar-refractivity contribution in [3.05, 3.63) is 23.4 Å². The molecule has 0 saturated carbocycles. The number of hydrazine groups is 3. The van der Waals surface area contributed by atoms with Crippen LogP contribution >= 0.6 is 23.4 Å². The Labute approximate surface area is 117 Å². The van der Waals surface area contributed by atoms with E-state index < -0.39 is 0 Å². The average Bonchev–Trinajstić information content (AvgIpc) is 2.26. The van der Waals surface area contributed by atoms with Crippen LogP contribution in [0, 0.1) is 0 Å². The first-order valence-electron chi connectivity index (χ1n) is 5.51. The Kier molecular flexibility index (Phi) is 6.45. The lowest BCUT2D eigenvalue weighted by Gasteiger charge is -2.30. The monoisotopic (exact) mass is 293 g/mol. The molecule has 0 bridgehead atoms. The number of rotatable bonds is 6. The molecule has 6 nitrogen and oxygen atoms in total. The zero-order chi connectivity index (χ0) is 13.5. The molecule has 0 aliphatic carbocycles. The number of hydrogen-bond acceptors (Lipinski definition) is 5. The molecule has 0 fully saturated rings. The topological polar surface area (TPSA) is 59.6 Å². The summed E-state index contributed by atoms with van der Waals surface area (Å²) in [6, 6.07) is 0. The van der Waals surface area contributed by atoms with Crippen molar-refractivity contribution in [2.45, 2.75) is 13.3 Å². The van der Waals surface area contributed by atoms with E-state index in [0.29, 0.717) is 30.2 Å². The fourth-order valence-corrected chi connectivity index (χ4v) is 1.70. The van der Waals surface area contributed by atoms with E-state index in [1.165, 1.54) is 4.53 Å². The summed E-state index contributed by atoms with van der Waals surface area (Å²) >= 11 is 11.6. The molecular formula is C10H17Cl2N5O. The molecule has 1 rings (SSSR count).